The predicted molar refractivity (Wildman–Crippen MR) is 79.4 cm³/mol. The van der Waals surface area contributed by atoms with Gasteiger partial charge in [0.25, 0.3) is 0 Å². The van der Waals surface area contributed by atoms with Crippen LogP contribution in [0.4, 0.5) is 4.39 Å². The third-order valence-electron chi connectivity index (χ3n) is 3.90. The van der Waals surface area contributed by atoms with Gasteiger partial charge in [0.1, 0.15) is 5.82 Å². The molecule has 0 saturated carbocycles. The Kier molecular flexibility index (Phi) is 5.78. The Morgan fingerprint density at radius 2 is 2.25 bits per heavy atom. The number of benzene rings is 1. The molecule has 3 nitrogen and oxygen atoms in total. The van der Waals surface area contributed by atoms with E-state index in [4.69, 9.17) is 22.1 Å². The second-order valence-electron chi connectivity index (χ2n) is 5.30. The van der Waals surface area contributed by atoms with Gasteiger partial charge in [0, 0.05) is 24.7 Å². The Bertz CT molecular complexity index is 444. The first-order valence-electron chi connectivity index (χ1n) is 7.07. The Labute approximate surface area is 124 Å². The van der Waals surface area contributed by atoms with Crippen molar-refractivity contribution in [3.05, 3.63) is 34.6 Å². The second kappa shape index (κ2) is 7.36. The van der Waals surface area contributed by atoms with E-state index < -0.39 is 0 Å². The highest BCUT2D eigenvalue weighted by atomic mass is 35.5. The molecule has 2 atom stereocenters. The molecule has 1 aliphatic rings. The fraction of sp³-hybridized carbons (Fsp3) is 0.600. The monoisotopic (exact) mass is 300 g/mol. The Balaban J connectivity index is 2.29. The maximum atomic E-state index is 13.2. The average Bonchev–Trinajstić information content (AvgIpc) is 2.59. The van der Waals surface area contributed by atoms with Crippen molar-refractivity contribution in [1.29, 1.82) is 0 Å². The summed E-state index contributed by atoms with van der Waals surface area (Å²) < 4.78 is 18.4. The normalized spacial score (nSPS) is 24.6. The van der Waals surface area contributed by atoms with Gasteiger partial charge in [-0.05, 0) is 37.1 Å². The van der Waals surface area contributed by atoms with Crippen molar-refractivity contribution in [2.75, 3.05) is 26.8 Å². The lowest BCUT2D eigenvalue weighted by Crippen LogP contribution is -2.41. The molecule has 1 aromatic rings. The van der Waals surface area contributed by atoms with Gasteiger partial charge in [-0.3, -0.25) is 4.90 Å². The third kappa shape index (κ3) is 3.70. The number of likely N-dealkylation sites (tertiary alicyclic amines) is 1. The molecule has 0 bridgehead atoms. The van der Waals surface area contributed by atoms with E-state index in [0.29, 0.717) is 11.6 Å². The number of ether oxygens (including phenoxy) is 1. The molecule has 112 valence electrons. The van der Waals surface area contributed by atoms with Gasteiger partial charge in [-0.15, -0.1) is 0 Å². The van der Waals surface area contributed by atoms with E-state index in [-0.39, 0.29) is 17.9 Å². The molecule has 0 radical (unpaired) electrons. The maximum Gasteiger partial charge on any atom is 0.124 e. The predicted octanol–water partition coefficient (Wildman–Crippen LogP) is 2.98. The highest BCUT2D eigenvalue weighted by molar-refractivity contribution is 6.31. The summed E-state index contributed by atoms with van der Waals surface area (Å²) in [7, 11) is 1.69. The summed E-state index contributed by atoms with van der Waals surface area (Å²) in [6.07, 6.45) is 3.19. The van der Waals surface area contributed by atoms with Gasteiger partial charge >= 0.3 is 0 Å². The first kappa shape index (κ1) is 15.7. The number of hydrogen-bond acceptors (Lipinski definition) is 3. The molecule has 2 rings (SSSR count). The number of nitrogens with two attached hydrogens (primary N) is 1. The molecule has 1 aliphatic heterocycles. The molecule has 5 heteroatoms. The third-order valence-corrected chi connectivity index (χ3v) is 4.22. The van der Waals surface area contributed by atoms with Gasteiger partial charge in [-0.2, -0.15) is 0 Å². The molecule has 1 aromatic carbocycles. The zero-order chi connectivity index (χ0) is 14.5. The van der Waals surface area contributed by atoms with Crippen molar-refractivity contribution in [2.45, 2.75) is 31.3 Å². The lowest BCUT2D eigenvalue weighted by Gasteiger charge is -2.34. The number of methoxy groups -OCH3 is 1. The minimum absolute atomic E-state index is 0.0114. The van der Waals surface area contributed by atoms with E-state index in [2.05, 4.69) is 4.90 Å². The zero-order valence-electron chi connectivity index (χ0n) is 11.8. The molecular weight excluding hydrogens is 279 g/mol. The summed E-state index contributed by atoms with van der Waals surface area (Å²) in [6.45, 7) is 2.43. The van der Waals surface area contributed by atoms with Crippen LogP contribution in [0.1, 0.15) is 30.9 Å². The quantitative estimate of drug-likeness (QED) is 0.929. The van der Waals surface area contributed by atoms with E-state index >= 15 is 0 Å². The summed E-state index contributed by atoms with van der Waals surface area (Å²) in [5.74, 6) is -0.315. The van der Waals surface area contributed by atoms with Crippen LogP contribution in [0.2, 0.25) is 5.02 Å². The Morgan fingerprint density at radius 1 is 1.45 bits per heavy atom. The van der Waals surface area contributed by atoms with Crippen LogP contribution >= 0.6 is 11.6 Å². The van der Waals surface area contributed by atoms with Gasteiger partial charge in [0.15, 0.2) is 0 Å². The molecule has 1 heterocycles. The van der Waals surface area contributed by atoms with Crippen molar-refractivity contribution < 1.29 is 9.13 Å². The van der Waals surface area contributed by atoms with Crippen LogP contribution in [0.5, 0.6) is 0 Å². The van der Waals surface area contributed by atoms with Gasteiger partial charge in [0.05, 0.1) is 12.6 Å². The average molecular weight is 301 g/mol. The molecular formula is C15H22ClFN2O. The Morgan fingerprint density at radius 3 is 2.95 bits per heavy atom. The molecule has 1 fully saturated rings. The molecule has 0 spiro atoms. The van der Waals surface area contributed by atoms with Crippen LogP contribution < -0.4 is 5.73 Å². The number of rotatable bonds is 4. The molecule has 0 aromatic heterocycles. The van der Waals surface area contributed by atoms with Crippen LogP contribution in [-0.4, -0.2) is 37.7 Å². The van der Waals surface area contributed by atoms with Crippen LogP contribution in [0.25, 0.3) is 0 Å². The summed E-state index contributed by atoms with van der Waals surface area (Å²) in [4.78, 5) is 2.31. The SMILES string of the molecule is COCCN1CCCCC(N)C1c1ccc(F)cc1Cl. The standard InChI is InChI=1S/C15H22ClFN2O/c1-20-9-8-19-7-3-2-4-14(18)15(19)12-6-5-11(17)10-13(12)16/h5-6,10,14-15H,2-4,7-9,18H2,1H3. The van der Waals surface area contributed by atoms with Crippen molar-refractivity contribution in [1.82, 2.24) is 4.90 Å². The summed E-state index contributed by atoms with van der Waals surface area (Å²) >= 11 is 6.23. The fourth-order valence-corrected chi connectivity index (χ4v) is 3.17. The smallest absolute Gasteiger partial charge is 0.124 e. The molecule has 20 heavy (non-hydrogen) atoms. The van der Waals surface area contributed by atoms with E-state index in [1.165, 1.54) is 12.1 Å². The minimum Gasteiger partial charge on any atom is -0.383 e. The highest BCUT2D eigenvalue weighted by Gasteiger charge is 2.30. The summed E-state index contributed by atoms with van der Waals surface area (Å²) in [5.41, 5.74) is 7.26. The van der Waals surface area contributed by atoms with Gasteiger partial charge < -0.3 is 10.5 Å². The second-order valence-corrected chi connectivity index (χ2v) is 5.71. The lowest BCUT2D eigenvalue weighted by atomic mass is 9.96. The van der Waals surface area contributed by atoms with Crippen LogP contribution in [-0.2, 0) is 4.74 Å². The van der Waals surface area contributed by atoms with Crippen molar-refractivity contribution in [2.24, 2.45) is 5.73 Å². The maximum absolute atomic E-state index is 13.2. The molecule has 1 saturated heterocycles. The first-order chi connectivity index (χ1) is 9.63. The molecule has 2 unspecified atom stereocenters. The van der Waals surface area contributed by atoms with Crippen LogP contribution in [0.15, 0.2) is 18.2 Å². The molecule has 0 aliphatic carbocycles. The minimum atomic E-state index is -0.315. The first-order valence-corrected chi connectivity index (χ1v) is 7.45. The van der Waals surface area contributed by atoms with Crippen molar-refractivity contribution in [3.63, 3.8) is 0 Å². The van der Waals surface area contributed by atoms with Gasteiger partial charge in [-0.25, -0.2) is 4.39 Å². The van der Waals surface area contributed by atoms with Crippen LogP contribution in [0.3, 0.4) is 0 Å². The lowest BCUT2D eigenvalue weighted by molar-refractivity contribution is 0.115. The van der Waals surface area contributed by atoms with Crippen molar-refractivity contribution >= 4 is 11.6 Å². The topological polar surface area (TPSA) is 38.5 Å². The van der Waals surface area contributed by atoms with Crippen LogP contribution in [0, 0.1) is 5.82 Å². The number of nitrogens with zero attached hydrogens (tertiary/aromatic N) is 1. The summed E-state index contributed by atoms with van der Waals surface area (Å²) in [6, 6.07) is 4.61. The van der Waals surface area contributed by atoms with Gasteiger partial charge in [0.2, 0.25) is 0 Å². The zero-order valence-corrected chi connectivity index (χ0v) is 12.6. The summed E-state index contributed by atoms with van der Waals surface area (Å²) in [5, 5.41) is 0.453. The Hall–Kier alpha value is -0.680. The fourth-order valence-electron chi connectivity index (χ4n) is 2.89. The van der Waals surface area contributed by atoms with Crippen molar-refractivity contribution in [3.8, 4) is 0 Å². The molecule has 2 N–H and O–H groups in total. The largest absolute Gasteiger partial charge is 0.383 e. The van der Waals surface area contributed by atoms with E-state index in [1.807, 2.05) is 0 Å². The van der Waals surface area contributed by atoms with E-state index in [0.717, 1.165) is 37.9 Å². The van der Waals surface area contributed by atoms with E-state index in [9.17, 15) is 4.39 Å². The molecule has 0 amide bonds. The number of halogens is 2. The van der Waals surface area contributed by atoms with E-state index in [1.54, 1.807) is 13.2 Å². The van der Waals surface area contributed by atoms with Gasteiger partial charge in [-0.1, -0.05) is 24.1 Å². The highest BCUT2D eigenvalue weighted by Crippen LogP contribution is 2.33. The number of hydrogen-bond donors (Lipinski definition) is 1.